The van der Waals surface area contributed by atoms with E-state index in [0.717, 1.165) is 0 Å². The van der Waals surface area contributed by atoms with Crippen molar-refractivity contribution in [3.05, 3.63) is 0 Å². The summed E-state index contributed by atoms with van der Waals surface area (Å²) in [5, 5.41) is 0. The standard InChI is InChI=1S/Nd.5Zn. The van der Waals surface area contributed by atoms with Crippen LogP contribution in [0.5, 0.6) is 0 Å². The van der Waals surface area contributed by atoms with E-state index in [1.165, 1.54) is 0 Å². The Morgan fingerprint density at radius 1 is 0.333 bits per heavy atom. The van der Waals surface area contributed by atoms with Crippen LogP contribution in [-0.4, -0.2) is 0 Å². The van der Waals surface area contributed by atoms with Crippen LogP contribution < -0.4 is 0 Å². The molecule has 0 atom stereocenters. The van der Waals surface area contributed by atoms with Crippen molar-refractivity contribution in [1.82, 2.24) is 0 Å². The molecule has 0 aromatic heterocycles. The van der Waals surface area contributed by atoms with Crippen LogP contribution in [-0.2, 0) is 97.4 Å². The smallest absolute Gasteiger partial charge is 0 e. The van der Waals surface area contributed by atoms with E-state index in [9.17, 15) is 0 Å². The van der Waals surface area contributed by atoms with E-state index in [0.29, 0.717) is 0 Å². The third-order valence-electron chi connectivity index (χ3n) is 0. The van der Waals surface area contributed by atoms with Crippen LogP contribution in [0.25, 0.3) is 0 Å². The fourth-order valence-corrected chi connectivity index (χ4v) is 0. The van der Waals surface area contributed by atoms with Gasteiger partial charge in [-0.15, -0.1) is 0 Å². The van der Waals surface area contributed by atoms with Crippen LogP contribution >= 0.6 is 0 Å². The van der Waals surface area contributed by atoms with Gasteiger partial charge in [-0.2, -0.15) is 0 Å². The summed E-state index contributed by atoms with van der Waals surface area (Å²) in [5.41, 5.74) is 0. The molecule has 14 valence electrons. The Balaban J connectivity index is 0. The van der Waals surface area contributed by atoms with Crippen LogP contribution in [0.1, 0.15) is 0 Å². The molecule has 0 aliphatic heterocycles. The van der Waals surface area contributed by atoms with E-state index in [1.807, 2.05) is 0 Å². The molecule has 0 spiro atoms. The molecule has 6 heavy (non-hydrogen) atoms. The second-order valence-corrected chi connectivity index (χ2v) is 0. The maximum atomic E-state index is 0. The minimum absolute atomic E-state index is 0. The van der Waals surface area contributed by atoms with Gasteiger partial charge >= 0.3 is 0 Å². The van der Waals surface area contributed by atoms with E-state index in [2.05, 4.69) is 0 Å². The molecule has 0 rings (SSSR count). The summed E-state index contributed by atoms with van der Waals surface area (Å²) in [7, 11) is 0. The van der Waals surface area contributed by atoms with Gasteiger partial charge < -0.3 is 0 Å². The van der Waals surface area contributed by atoms with Crippen molar-refractivity contribution in [3.8, 4) is 0 Å². The molecule has 0 aromatic rings. The van der Waals surface area contributed by atoms with Gasteiger partial charge in [0.2, 0.25) is 0 Å². The summed E-state index contributed by atoms with van der Waals surface area (Å²) in [5.74, 6) is 0. The summed E-state index contributed by atoms with van der Waals surface area (Å²) in [6.07, 6.45) is 0. The largest absolute Gasteiger partial charge is 0 e. The topological polar surface area (TPSA) is 0 Å². The van der Waals surface area contributed by atoms with E-state index in [4.69, 9.17) is 0 Å². The first-order valence-electron chi connectivity index (χ1n) is 0. The van der Waals surface area contributed by atoms with Gasteiger partial charge in [-0.3, -0.25) is 0 Å². The summed E-state index contributed by atoms with van der Waals surface area (Å²) in [6.45, 7) is 0. The third-order valence-corrected chi connectivity index (χ3v) is 0. The summed E-state index contributed by atoms with van der Waals surface area (Å²) in [6, 6.07) is 0. The fraction of sp³-hybridized carbons (Fsp3) is 0. The first kappa shape index (κ1) is 47.0. The summed E-state index contributed by atoms with van der Waals surface area (Å²) < 4.78 is 0. The van der Waals surface area contributed by atoms with Crippen molar-refractivity contribution in [2.45, 2.75) is 0 Å². The van der Waals surface area contributed by atoms with Gasteiger partial charge in [0.05, 0.1) is 0 Å². The summed E-state index contributed by atoms with van der Waals surface area (Å²) >= 11 is 0. The van der Waals surface area contributed by atoms with Crippen molar-refractivity contribution in [2.75, 3.05) is 0 Å². The maximum absolute atomic E-state index is 0. The zero-order valence-corrected chi connectivity index (χ0v) is 22.1. The summed E-state index contributed by atoms with van der Waals surface area (Å²) in [4.78, 5) is 0. The minimum atomic E-state index is 0. The van der Waals surface area contributed by atoms with Crippen LogP contribution in [0.15, 0.2) is 0 Å². The van der Waals surface area contributed by atoms with Gasteiger partial charge in [-0.05, 0) is 0 Å². The van der Waals surface area contributed by atoms with Crippen LogP contribution in [0, 0.1) is 40.8 Å². The van der Waals surface area contributed by atoms with Gasteiger partial charge in [-0.25, -0.2) is 0 Å². The molecular formula is NdZn5. The molecule has 0 fully saturated rings. The van der Waals surface area contributed by atoms with Crippen molar-refractivity contribution < 1.29 is 138 Å². The second kappa shape index (κ2) is 34.0. The molecule has 6 heteroatoms. The normalized spacial score (nSPS) is 0. The predicted molar refractivity (Wildman–Crippen MR) is 0 cm³/mol. The van der Waals surface area contributed by atoms with Gasteiger partial charge in [0, 0.05) is 138 Å². The Labute approximate surface area is 135 Å². The average Bonchev–Trinajstić information content (AvgIpc) is 0. The molecule has 0 nitrogen and oxygen atoms in total. The molecule has 0 aliphatic rings. The number of hydrogen-bond donors (Lipinski definition) is 0. The monoisotopic (exact) mass is 462 g/mol. The molecular weight excluding hydrogens is 471 g/mol. The quantitative estimate of drug-likeness (QED) is 0.437. The van der Waals surface area contributed by atoms with Gasteiger partial charge in [0.1, 0.15) is 0 Å². The first-order chi connectivity index (χ1) is 0. The van der Waals surface area contributed by atoms with Gasteiger partial charge in [0.15, 0.2) is 0 Å². The van der Waals surface area contributed by atoms with Gasteiger partial charge in [-0.1, -0.05) is 0 Å². The van der Waals surface area contributed by atoms with E-state index in [1.54, 1.807) is 0 Å². The Morgan fingerprint density at radius 3 is 0.333 bits per heavy atom. The molecule has 0 aliphatic carbocycles. The fourth-order valence-electron chi connectivity index (χ4n) is 0. The maximum Gasteiger partial charge on any atom is 0 e. The molecule has 0 heterocycles. The van der Waals surface area contributed by atoms with E-state index in [-0.39, 0.29) is 138 Å². The van der Waals surface area contributed by atoms with Crippen molar-refractivity contribution in [2.24, 2.45) is 0 Å². The van der Waals surface area contributed by atoms with Crippen LogP contribution in [0.4, 0.5) is 0 Å². The van der Waals surface area contributed by atoms with Crippen LogP contribution in [0.3, 0.4) is 0 Å². The average molecular weight is 471 g/mol. The molecule has 0 aromatic carbocycles. The Kier molecular flexibility index (Phi) is 266. The Bertz CT molecular complexity index is 3.90. The van der Waals surface area contributed by atoms with E-state index < -0.39 is 0 Å². The SMILES string of the molecule is [Nd].[Zn].[Zn].[Zn].[Zn].[Zn]. The minimum Gasteiger partial charge on any atom is 0 e. The van der Waals surface area contributed by atoms with Crippen molar-refractivity contribution >= 4 is 0 Å². The van der Waals surface area contributed by atoms with Crippen molar-refractivity contribution in [3.63, 3.8) is 0 Å². The number of hydrogen-bond acceptors (Lipinski definition) is 0. The second-order valence-electron chi connectivity index (χ2n) is 0. The third kappa shape index (κ3) is 23.7. The molecule has 0 radical (unpaired) electrons. The molecule has 0 bridgehead atoms. The first-order valence-corrected chi connectivity index (χ1v) is 0. The number of rotatable bonds is 0. The molecule has 0 N–H and O–H groups in total. The van der Waals surface area contributed by atoms with E-state index >= 15 is 0 Å². The Morgan fingerprint density at radius 2 is 0.333 bits per heavy atom. The Hall–Kier alpha value is 4.47. The molecule has 0 saturated heterocycles. The van der Waals surface area contributed by atoms with Crippen LogP contribution in [0.2, 0.25) is 0 Å². The molecule has 0 amide bonds. The zero-order chi connectivity index (χ0) is 0. The zero-order valence-electron chi connectivity index (χ0n) is 4.04. The predicted octanol–water partition coefficient (Wildman–Crippen LogP) is -0.0125. The molecule has 0 saturated carbocycles. The molecule has 0 unspecified atom stereocenters. The van der Waals surface area contributed by atoms with Gasteiger partial charge in [0.25, 0.3) is 0 Å². The van der Waals surface area contributed by atoms with Crippen molar-refractivity contribution in [1.29, 1.82) is 0 Å².